The second-order valence-corrected chi connectivity index (χ2v) is 10.8. The van der Waals surface area contributed by atoms with Crippen LogP contribution in [0.3, 0.4) is 0 Å². The first-order valence-corrected chi connectivity index (χ1v) is 13.0. The monoisotopic (exact) mass is 541 g/mol. The molecule has 3 aliphatic rings. The number of nitrogens with zero attached hydrogens (tertiary/aromatic N) is 5. The average molecular weight is 542 g/mol. The number of morpholine rings is 1. The van der Waals surface area contributed by atoms with Crippen LogP contribution in [0, 0.1) is 0 Å². The topological polar surface area (TPSA) is 72.7 Å². The molecule has 39 heavy (non-hydrogen) atoms. The lowest BCUT2D eigenvalue weighted by Gasteiger charge is -2.42. The number of amides is 1. The number of alkyl halides is 3. The van der Waals surface area contributed by atoms with E-state index in [1.807, 2.05) is 36.7 Å². The summed E-state index contributed by atoms with van der Waals surface area (Å²) in [5.41, 5.74) is 1.06. The Labute approximate surface area is 224 Å². The third-order valence-electron chi connectivity index (χ3n) is 7.97. The first kappa shape index (κ1) is 26.0. The van der Waals surface area contributed by atoms with Crippen LogP contribution in [0.15, 0.2) is 42.7 Å². The number of aromatic nitrogens is 3. The van der Waals surface area contributed by atoms with Crippen LogP contribution in [0.1, 0.15) is 45.4 Å². The Morgan fingerprint density at radius 2 is 2.00 bits per heavy atom. The number of carbonyl (C=O) groups excluding carboxylic acids is 1. The molecule has 2 saturated heterocycles. The third-order valence-corrected chi connectivity index (χ3v) is 7.97. The molecule has 0 saturated carbocycles. The largest absolute Gasteiger partial charge is 0.416 e. The molecular formula is C28H30F3N5O3. The molecule has 1 amide bonds. The van der Waals surface area contributed by atoms with E-state index >= 15 is 0 Å². The van der Waals surface area contributed by atoms with Crippen molar-refractivity contribution < 1.29 is 27.4 Å². The van der Waals surface area contributed by atoms with Crippen molar-refractivity contribution in [3.05, 3.63) is 76.4 Å². The fourth-order valence-corrected chi connectivity index (χ4v) is 5.81. The van der Waals surface area contributed by atoms with E-state index in [-0.39, 0.29) is 29.2 Å². The number of fused-ring (bicyclic) bond motifs is 1. The van der Waals surface area contributed by atoms with Crippen molar-refractivity contribution in [1.82, 2.24) is 19.7 Å². The Hall–Kier alpha value is -3.28. The SMILES string of the molecule is C[C@H]1CN(Cc2cc3c(c(C(F)(F)F)c2)CN(c2cccc(C4(Cc5nncn5C)COC4)c2)C3=O)CCO1. The predicted molar refractivity (Wildman–Crippen MR) is 136 cm³/mol. The quantitative estimate of drug-likeness (QED) is 0.474. The molecule has 0 aliphatic carbocycles. The molecule has 11 heteroatoms. The van der Waals surface area contributed by atoms with Gasteiger partial charge in [0.05, 0.1) is 38.0 Å². The van der Waals surface area contributed by atoms with Crippen LogP contribution in [0.5, 0.6) is 0 Å². The number of carbonyl (C=O) groups is 1. The zero-order valence-electron chi connectivity index (χ0n) is 21.9. The van der Waals surface area contributed by atoms with Gasteiger partial charge in [-0.3, -0.25) is 9.69 Å². The molecule has 1 atom stereocenters. The van der Waals surface area contributed by atoms with Crippen molar-refractivity contribution in [2.24, 2.45) is 7.05 Å². The highest BCUT2D eigenvalue weighted by Crippen LogP contribution is 2.41. The lowest BCUT2D eigenvalue weighted by molar-refractivity contribution is -0.138. The number of ether oxygens (including phenoxy) is 2. The van der Waals surface area contributed by atoms with Crippen molar-refractivity contribution in [3.8, 4) is 0 Å². The van der Waals surface area contributed by atoms with Gasteiger partial charge in [0.1, 0.15) is 12.2 Å². The van der Waals surface area contributed by atoms with Crippen LogP contribution in [-0.4, -0.2) is 64.6 Å². The summed E-state index contributed by atoms with van der Waals surface area (Å²) in [6.07, 6.45) is -2.31. The van der Waals surface area contributed by atoms with E-state index in [2.05, 4.69) is 15.1 Å². The lowest BCUT2D eigenvalue weighted by atomic mass is 9.75. The van der Waals surface area contributed by atoms with E-state index in [0.717, 1.165) is 11.4 Å². The number of hydrogen-bond donors (Lipinski definition) is 0. The zero-order chi connectivity index (χ0) is 27.4. The van der Waals surface area contributed by atoms with Crippen LogP contribution in [0.2, 0.25) is 0 Å². The fourth-order valence-electron chi connectivity index (χ4n) is 5.81. The molecule has 6 rings (SSSR count). The summed E-state index contributed by atoms with van der Waals surface area (Å²) in [7, 11) is 1.88. The Kier molecular flexibility index (Phi) is 6.47. The fraction of sp³-hybridized carbons (Fsp3) is 0.464. The Morgan fingerprint density at radius 1 is 1.18 bits per heavy atom. The molecular weight excluding hydrogens is 511 g/mol. The molecule has 0 spiro atoms. The predicted octanol–water partition coefficient (Wildman–Crippen LogP) is 3.73. The molecule has 1 aromatic heterocycles. The maximum Gasteiger partial charge on any atom is 0.416 e. The maximum atomic E-state index is 14.2. The molecule has 4 heterocycles. The van der Waals surface area contributed by atoms with Crippen LogP contribution in [0.25, 0.3) is 0 Å². The standard InChI is InChI=1S/C28H30F3N5O3/c1-18-12-35(6-7-39-18)13-19-8-22-23(24(9-19)28(29,30)31)14-36(26(22)37)21-5-3-4-20(10-21)27(15-38-16-27)11-25-33-32-17-34(25)2/h3-5,8-10,17-18H,6-7,11-16H2,1-2H3/t18-/m0/s1. The summed E-state index contributed by atoms with van der Waals surface area (Å²) >= 11 is 0. The van der Waals surface area contributed by atoms with E-state index in [9.17, 15) is 18.0 Å². The highest BCUT2D eigenvalue weighted by Gasteiger charge is 2.43. The Morgan fingerprint density at radius 3 is 2.67 bits per heavy atom. The summed E-state index contributed by atoms with van der Waals surface area (Å²) < 4.78 is 55.6. The Bertz CT molecular complexity index is 1400. The van der Waals surface area contributed by atoms with Gasteiger partial charge in [0.15, 0.2) is 0 Å². The summed E-state index contributed by atoms with van der Waals surface area (Å²) in [6.45, 7) is 4.91. The molecule has 0 bridgehead atoms. The second kappa shape index (κ2) is 9.72. The minimum atomic E-state index is -4.57. The van der Waals surface area contributed by atoms with Crippen LogP contribution < -0.4 is 4.90 Å². The van der Waals surface area contributed by atoms with Gasteiger partial charge in [0.25, 0.3) is 5.91 Å². The summed E-state index contributed by atoms with van der Waals surface area (Å²) in [4.78, 5) is 17.1. The highest BCUT2D eigenvalue weighted by molar-refractivity contribution is 6.10. The lowest BCUT2D eigenvalue weighted by Crippen LogP contribution is -2.49. The summed E-state index contributed by atoms with van der Waals surface area (Å²) in [5, 5.41) is 8.18. The number of aryl methyl sites for hydroxylation is 1. The van der Waals surface area contributed by atoms with Crippen molar-refractivity contribution >= 4 is 11.6 Å². The molecule has 0 radical (unpaired) electrons. The van der Waals surface area contributed by atoms with Crippen molar-refractivity contribution in [2.75, 3.05) is 37.8 Å². The highest BCUT2D eigenvalue weighted by atomic mass is 19.4. The van der Waals surface area contributed by atoms with Crippen molar-refractivity contribution in [3.63, 3.8) is 0 Å². The molecule has 8 nitrogen and oxygen atoms in total. The van der Waals surface area contributed by atoms with Crippen molar-refractivity contribution in [2.45, 2.75) is 44.1 Å². The first-order chi connectivity index (χ1) is 18.6. The molecule has 3 aliphatic heterocycles. The molecule has 0 unspecified atom stereocenters. The summed E-state index contributed by atoms with van der Waals surface area (Å²) in [5.74, 6) is 0.391. The van der Waals surface area contributed by atoms with Gasteiger partial charge in [-0.15, -0.1) is 10.2 Å². The van der Waals surface area contributed by atoms with Crippen LogP contribution in [-0.2, 0) is 47.6 Å². The van der Waals surface area contributed by atoms with Gasteiger partial charge in [-0.25, -0.2) is 0 Å². The minimum Gasteiger partial charge on any atom is -0.379 e. The smallest absolute Gasteiger partial charge is 0.379 e. The van der Waals surface area contributed by atoms with Gasteiger partial charge in [-0.1, -0.05) is 12.1 Å². The second-order valence-electron chi connectivity index (χ2n) is 10.8. The minimum absolute atomic E-state index is 0.0118. The van der Waals surface area contributed by atoms with Crippen LogP contribution in [0.4, 0.5) is 18.9 Å². The maximum absolute atomic E-state index is 14.2. The van der Waals surface area contributed by atoms with E-state index in [1.165, 1.54) is 11.0 Å². The molecule has 206 valence electrons. The molecule has 3 aromatic rings. The van der Waals surface area contributed by atoms with Gasteiger partial charge >= 0.3 is 6.18 Å². The van der Waals surface area contributed by atoms with Gasteiger partial charge in [0, 0.05) is 49.8 Å². The first-order valence-electron chi connectivity index (χ1n) is 13.0. The van der Waals surface area contributed by atoms with Gasteiger partial charge in [-0.05, 0) is 47.9 Å². The number of rotatable bonds is 6. The van der Waals surface area contributed by atoms with Crippen molar-refractivity contribution in [1.29, 1.82) is 0 Å². The number of hydrogen-bond acceptors (Lipinski definition) is 6. The van der Waals surface area contributed by atoms with Gasteiger partial charge < -0.3 is 18.9 Å². The van der Waals surface area contributed by atoms with E-state index in [0.29, 0.717) is 57.1 Å². The van der Waals surface area contributed by atoms with E-state index in [1.54, 1.807) is 18.5 Å². The van der Waals surface area contributed by atoms with Gasteiger partial charge in [-0.2, -0.15) is 13.2 Å². The summed E-state index contributed by atoms with van der Waals surface area (Å²) in [6, 6.07) is 10.3. The average Bonchev–Trinajstić information content (AvgIpc) is 3.43. The number of halogens is 3. The molecule has 0 N–H and O–H groups in total. The molecule has 2 aromatic carbocycles. The molecule has 2 fully saturated rings. The number of anilines is 1. The zero-order valence-corrected chi connectivity index (χ0v) is 21.9. The third kappa shape index (κ3) is 4.83. The van der Waals surface area contributed by atoms with Gasteiger partial charge in [0.2, 0.25) is 0 Å². The Balaban J connectivity index is 1.31. The number of benzene rings is 2. The van der Waals surface area contributed by atoms with Crippen LogP contribution >= 0.6 is 0 Å². The normalized spacial score (nSPS) is 21.2. The van der Waals surface area contributed by atoms with E-state index in [4.69, 9.17) is 9.47 Å². The van der Waals surface area contributed by atoms with E-state index < -0.39 is 17.6 Å².